The predicted octanol–water partition coefficient (Wildman–Crippen LogP) is 4.26. The Balaban J connectivity index is 1.84. The van der Waals surface area contributed by atoms with Gasteiger partial charge < -0.3 is 4.90 Å². The maximum absolute atomic E-state index is 13.6. The van der Waals surface area contributed by atoms with Crippen molar-refractivity contribution in [2.45, 2.75) is 52.0 Å². The van der Waals surface area contributed by atoms with Gasteiger partial charge in [-0.3, -0.25) is 14.2 Å². The number of nitrogens with zero attached hydrogens (tertiary/aromatic N) is 3. The van der Waals surface area contributed by atoms with Crippen LogP contribution in [0.3, 0.4) is 0 Å². The standard InChI is InChI=1S/C23H27N3O2S/c1-3-4-14-25(2)19(27)15-26-21(16-10-6-5-7-11-16)24-22-20(23(26)28)17-12-8-9-13-18(17)29-22/h5-7,10-11H,3-4,8-9,12-15H2,1-2H3. The van der Waals surface area contributed by atoms with Gasteiger partial charge in [0.1, 0.15) is 17.2 Å². The molecule has 1 aromatic carbocycles. The van der Waals surface area contributed by atoms with Crippen LogP contribution < -0.4 is 5.56 Å². The highest BCUT2D eigenvalue weighted by Gasteiger charge is 2.24. The number of benzene rings is 1. The van der Waals surface area contributed by atoms with Crippen LogP contribution in [0.5, 0.6) is 0 Å². The van der Waals surface area contributed by atoms with E-state index in [1.165, 1.54) is 11.3 Å². The number of thiophene rings is 1. The molecule has 4 rings (SSSR count). The van der Waals surface area contributed by atoms with E-state index >= 15 is 0 Å². The van der Waals surface area contributed by atoms with Gasteiger partial charge in [0.15, 0.2) is 0 Å². The van der Waals surface area contributed by atoms with Crippen LogP contribution in [0.2, 0.25) is 0 Å². The van der Waals surface area contributed by atoms with E-state index in [9.17, 15) is 9.59 Å². The molecule has 1 amide bonds. The molecule has 2 heterocycles. The molecular formula is C23H27N3O2S. The quantitative estimate of drug-likeness (QED) is 0.611. The van der Waals surface area contributed by atoms with Crippen molar-refractivity contribution < 1.29 is 4.79 Å². The van der Waals surface area contributed by atoms with E-state index < -0.39 is 0 Å². The minimum absolute atomic E-state index is 0.0246. The van der Waals surface area contributed by atoms with Crippen molar-refractivity contribution in [1.29, 1.82) is 0 Å². The first-order valence-corrected chi connectivity index (χ1v) is 11.3. The monoisotopic (exact) mass is 409 g/mol. The van der Waals surface area contributed by atoms with E-state index in [1.807, 2.05) is 37.4 Å². The maximum Gasteiger partial charge on any atom is 0.263 e. The summed E-state index contributed by atoms with van der Waals surface area (Å²) in [4.78, 5) is 35.2. The summed E-state index contributed by atoms with van der Waals surface area (Å²) in [5.41, 5.74) is 1.95. The van der Waals surface area contributed by atoms with Crippen molar-refractivity contribution in [2.75, 3.05) is 13.6 Å². The molecule has 3 aromatic rings. The molecule has 0 bridgehead atoms. The Bertz CT molecular complexity index is 1080. The Hall–Kier alpha value is -2.47. The number of rotatable bonds is 6. The van der Waals surface area contributed by atoms with Gasteiger partial charge in [0, 0.05) is 24.0 Å². The molecule has 0 aliphatic heterocycles. The number of carbonyl (C=O) groups is 1. The number of hydrogen-bond acceptors (Lipinski definition) is 4. The summed E-state index contributed by atoms with van der Waals surface area (Å²) in [7, 11) is 1.81. The van der Waals surface area contributed by atoms with E-state index in [4.69, 9.17) is 4.98 Å². The fraction of sp³-hybridized carbons (Fsp3) is 0.435. The highest BCUT2D eigenvalue weighted by molar-refractivity contribution is 7.18. The first-order chi connectivity index (χ1) is 14.1. The number of fused-ring (bicyclic) bond motifs is 3. The first kappa shape index (κ1) is 19.8. The number of aryl methyl sites for hydroxylation is 2. The van der Waals surface area contributed by atoms with Gasteiger partial charge >= 0.3 is 0 Å². The third-order valence-electron chi connectivity index (χ3n) is 5.67. The minimum Gasteiger partial charge on any atom is -0.344 e. The van der Waals surface area contributed by atoms with Crippen molar-refractivity contribution in [1.82, 2.24) is 14.5 Å². The molecule has 0 saturated heterocycles. The average molecular weight is 410 g/mol. The summed E-state index contributed by atoms with van der Waals surface area (Å²) in [6.45, 7) is 2.83. The van der Waals surface area contributed by atoms with Gasteiger partial charge in [0.05, 0.1) is 5.39 Å². The van der Waals surface area contributed by atoms with Gasteiger partial charge in [-0.15, -0.1) is 11.3 Å². The molecule has 0 spiro atoms. The second kappa shape index (κ2) is 8.49. The molecular weight excluding hydrogens is 382 g/mol. The van der Waals surface area contributed by atoms with Gasteiger partial charge in [-0.25, -0.2) is 4.98 Å². The van der Waals surface area contributed by atoms with Crippen molar-refractivity contribution in [3.05, 3.63) is 51.1 Å². The second-order valence-electron chi connectivity index (χ2n) is 7.75. The summed E-state index contributed by atoms with van der Waals surface area (Å²) in [6, 6.07) is 9.71. The molecule has 0 atom stereocenters. The fourth-order valence-corrected chi connectivity index (χ4v) is 5.22. The van der Waals surface area contributed by atoms with Gasteiger partial charge in [-0.2, -0.15) is 0 Å². The lowest BCUT2D eigenvalue weighted by Gasteiger charge is -2.19. The summed E-state index contributed by atoms with van der Waals surface area (Å²) in [5, 5.41) is 0.730. The van der Waals surface area contributed by atoms with Crippen LogP contribution in [0.1, 0.15) is 43.0 Å². The smallest absolute Gasteiger partial charge is 0.263 e. The van der Waals surface area contributed by atoms with Gasteiger partial charge in [-0.05, 0) is 37.7 Å². The Morgan fingerprint density at radius 1 is 1.21 bits per heavy atom. The Morgan fingerprint density at radius 2 is 1.97 bits per heavy atom. The number of likely N-dealkylation sites (N-methyl/N-ethyl adjacent to an activating group) is 1. The summed E-state index contributed by atoms with van der Waals surface area (Å²) >= 11 is 1.65. The zero-order chi connectivity index (χ0) is 20.4. The molecule has 1 aliphatic rings. The summed E-state index contributed by atoms with van der Waals surface area (Å²) < 4.78 is 1.59. The number of unbranched alkanes of at least 4 members (excludes halogenated alkanes) is 1. The Kier molecular flexibility index (Phi) is 5.81. The number of aromatic nitrogens is 2. The molecule has 0 unspecified atom stereocenters. The average Bonchev–Trinajstić information content (AvgIpc) is 3.13. The van der Waals surface area contributed by atoms with E-state index in [0.717, 1.165) is 53.4 Å². The van der Waals surface area contributed by atoms with Crippen molar-refractivity contribution >= 4 is 27.5 Å². The van der Waals surface area contributed by atoms with E-state index in [2.05, 4.69) is 6.92 Å². The third kappa shape index (κ3) is 3.86. The highest BCUT2D eigenvalue weighted by Crippen LogP contribution is 2.34. The lowest BCUT2D eigenvalue weighted by molar-refractivity contribution is -0.130. The molecule has 2 aromatic heterocycles. The second-order valence-corrected chi connectivity index (χ2v) is 8.84. The molecule has 1 aliphatic carbocycles. The molecule has 0 radical (unpaired) electrons. The maximum atomic E-state index is 13.6. The largest absolute Gasteiger partial charge is 0.344 e. The highest BCUT2D eigenvalue weighted by atomic mass is 32.1. The third-order valence-corrected chi connectivity index (χ3v) is 6.86. The minimum atomic E-state index is -0.0782. The van der Waals surface area contributed by atoms with Crippen LogP contribution in [-0.4, -0.2) is 34.0 Å². The molecule has 0 N–H and O–H groups in total. The van der Waals surface area contributed by atoms with Crippen LogP contribution in [0.25, 0.3) is 21.6 Å². The van der Waals surface area contributed by atoms with Crippen LogP contribution in [0, 0.1) is 0 Å². The predicted molar refractivity (Wildman–Crippen MR) is 119 cm³/mol. The first-order valence-electron chi connectivity index (χ1n) is 10.4. The molecule has 152 valence electrons. The molecule has 0 saturated carbocycles. The summed E-state index contributed by atoms with van der Waals surface area (Å²) in [6.07, 6.45) is 6.22. The molecule has 0 fully saturated rings. The lowest BCUT2D eigenvalue weighted by atomic mass is 9.97. The number of hydrogen-bond donors (Lipinski definition) is 0. The van der Waals surface area contributed by atoms with Crippen molar-refractivity contribution in [3.63, 3.8) is 0 Å². The van der Waals surface area contributed by atoms with Gasteiger partial charge in [-0.1, -0.05) is 43.7 Å². The topological polar surface area (TPSA) is 55.2 Å². The van der Waals surface area contributed by atoms with Crippen molar-refractivity contribution in [2.24, 2.45) is 0 Å². The van der Waals surface area contributed by atoms with Gasteiger partial charge in [0.2, 0.25) is 5.91 Å². The number of amides is 1. The van der Waals surface area contributed by atoms with E-state index in [1.54, 1.807) is 20.8 Å². The Labute approximate surface area is 175 Å². The zero-order valence-electron chi connectivity index (χ0n) is 17.1. The van der Waals surface area contributed by atoms with Crippen LogP contribution >= 0.6 is 11.3 Å². The van der Waals surface area contributed by atoms with Crippen LogP contribution in [-0.2, 0) is 24.2 Å². The molecule has 5 nitrogen and oxygen atoms in total. The van der Waals surface area contributed by atoms with Gasteiger partial charge in [0.25, 0.3) is 5.56 Å². The number of carbonyl (C=O) groups excluding carboxylic acids is 1. The van der Waals surface area contributed by atoms with E-state index in [-0.39, 0.29) is 18.0 Å². The summed E-state index contributed by atoms with van der Waals surface area (Å²) in [5.74, 6) is 0.530. The molecule has 29 heavy (non-hydrogen) atoms. The zero-order valence-corrected chi connectivity index (χ0v) is 17.9. The molecule has 6 heteroatoms. The van der Waals surface area contributed by atoms with Crippen LogP contribution in [0.4, 0.5) is 0 Å². The van der Waals surface area contributed by atoms with E-state index in [0.29, 0.717) is 12.4 Å². The van der Waals surface area contributed by atoms with Crippen LogP contribution in [0.15, 0.2) is 35.1 Å². The normalized spacial score (nSPS) is 13.4. The van der Waals surface area contributed by atoms with Crippen molar-refractivity contribution in [3.8, 4) is 11.4 Å². The Morgan fingerprint density at radius 3 is 2.72 bits per heavy atom. The lowest BCUT2D eigenvalue weighted by Crippen LogP contribution is -2.35. The SMILES string of the molecule is CCCCN(C)C(=O)Cn1c(-c2ccccc2)nc2sc3c(c2c1=O)CCCC3. The fourth-order valence-electron chi connectivity index (χ4n) is 3.97.